The molecule has 0 unspecified atom stereocenters. The molecular weight excluding hydrogens is 412 g/mol. The Hall–Kier alpha value is -3.45. The van der Waals surface area contributed by atoms with Crippen molar-refractivity contribution in [3.05, 3.63) is 72.3 Å². The molecule has 1 fully saturated rings. The molecular formula is C26H30N6O. The van der Waals surface area contributed by atoms with E-state index in [-0.39, 0.29) is 0 Å². The summed E-state index contributed by atoms with van der Waals surface area (Å²) in [6.07, 6.45) is 5.51. The summed E-state index contributed by atoms with van der Waals surface area (Å²) in [5, 5.41) is 8.62. The number of ether oxygens (including phenoxy) is 1. The second-order valence-corrected chi connectivity index (χ2v) is 8.40. The number of anilines is 1. The zero-order chi connectivity index (χ0) is 22.6. The molecule has 33 heavy (non-hydrogen) atoms. The first-order chi connectivity index (χ1) is 16.3. The molecule has 0 N–H and O–H groups in total. The maximum Gasteiger partial charge on any atom is 0.168 e. The van der Waals surface area contributed by atoms with Gasteiger partial charge in [-0.1, -0.05) is 25.1 Å². The Balaban J connectivity index is 1.35. The Labute approximate surface area is 194 Å². The summed E-state index contributed by atoms with van der Waals surface area (Å²) in [6, 6.07) is 16.7. The quantitative estimate of drug-likeness (QED) is 0.435. The average molecular weight is 443 g/mol. The third-order valence-electron chi connectivity index (χ3n) is 6.59. The van der Waals surface area contributed by atoms with E-state index in [1.54, 1.807) is 13.4 Å². The van der Waals surface area contributed by atoms with Crippen LogP contribution in [0.3, 0.4) is 0 Å². The van der Waals surface area contributed by atoms with E-state index in [0.717, 1.165) is 73.9 Å². The van der Waals surface area contributed by atoms with Crippen molar-refractivity contribution in [2.75, 3.05) is 44.7 Å². The number of hydrogen-bond acceptors (Lipinski definition) is 6. The fourth-order valence-corrected chi connectivity index (χ4v) is 4.59. The van der Waals surface area contributed by atoms with Crippen LogP contribution in [0.5, 0.6) is 5.75 Å². The van der Waals surface area contributed by atoms with Crippen LogP contribution in [0.15, 0.2) is 61.1 Å². The number of rotatable bonds is 7. The van der Waals surface area contributed by atoms with Gasteiger partial charge in [-0.05, 0) is 55.3 Å². The summed E-state index contributed by atoms with van der Waals surface area (Å²) in [5.41, 5.74) is 5.33. The lowest BCUT2D eigenvalue weighted by Crippen LogP contribution is -2.46. The molecule has 0 bridgehead atoms. The van der Waals surface area contributed by atoms with E-state index in [9.17, 15) is 0 Å². The number of benzene rings is 1. The molecule has 170 valence electrons. The number of aromatic nitrogens is 4. The summed E-state index contributed by atoms with van der Waals surface area (Å²) >= 11 is 0. The van der Waals surface area contributed by atoms with Gasteiger partial charge >= 0.3 is 0 Å². The van der Waals surface area contributed by atoms with Crippen molar-refractivity contribution in [3.63, 3.8) is 0 Å². The van der Waals surface area contributed by atoms with Crippen molar-refractivity contribution in [2.45, 2.75) is 19.8 Å². The SMILES string of the molecule is CCN1CCN(c2ccc(-c3ccc(CCc4ccccc4OC)n4cnnc34)cn2)CC1. The monoisotopic (exact) mass is 442 g/mol. The summed E-state index contributed by atoms with van der Waals surface area (Å²) < 4.78 is 7.59. The fourth-order valence-electron chi connectivity index (χ4n) is 4.59. The Bertz CT molecular complexity index is 1210. The number of methoxy groups -OCH3 is 1. The van der Waals surface area contributed by atoms with E-state index in [2.05, 4.69) is 67.7 Å². The average Bonchev–Trinajstić information content (AvgIpc) is 3.38. The minimum absolute atomic E-state index is 0.860. The molecule has 1 aliphatic rings. The molecule has 1 aromatic carbocycles. The molecule has 0 spiro atoms. The van der Waals surface area contributed by atoms with Crippen LogP contribution in [0.25, 0.3) is 16.8 Å². The van der Waals surface area contributed by atoms with Gasteiger partial charge in [-0.3, -0.25) is 4.40 Å². The molecule has 0 aliphatic carbocycles. The van der Waals surface area contributed by atoms with Crippen molar-refractivity contribution in [1.29, 1.82) is 0 Å². The number of likely N-dealkylation sites (N-methyl/N-ethyl adjacent to an activating group) is 1. The van der Waals surface area contributed by atoms with Crippen molar-refractivity contribution in [1.82, 2.24) is 24.5 Å². The molecule has 1 saturated heterocycles. The highest BCUT2D eigenvalue weighted by atomic mass is 16.5. The van der Waals surface area contributed by atoms with Gasteiger partial charge in [-0.15, -0.1) is 10.2 Å². The van der Waals surface area contributed by atoms with Gasteiger partial charge < -0.3 is 14.5 Å². The molecule has 4 heterocycles. The predicted octanol–water partition coefficient (Wildman–Crippen LogP) is 3.73. The van der Waals surface area contributed by atoms with Gasteiger partial charge in [-0.2, -0.15) is 0 Å². The van der Waals surface area contributed by atoms with E-state index in [1.807, 2.05) is 18.3 Å². The van der Waals surface area contributed by atoms with Crippen LogP contribution in [0.2, 0.25) is 0 Å². The number of para-hydroxylation sites is 1. The molecule has 0 amide bonds. The molecule has 1 aliphatic heterocycles. The Morgan fingerprint density at radius 2 is 1.79 bits per heavy atom. The topological polar surface area (TPSA) is 58.8 Å². The smallest absolute Gasteiger partial charge is 0.168 e. The largest absolute Gasteiger partial charge is 0.496 e. The second kappa shape index (κ2) is 9.58. The van der Waals surface area contributed by atoms with Crippen molar-refractivity contribution in [2.24, 2.45) is 0 Å². The van der Waals surface area contributed by atoms with Crippen LogP contribution in [0.4, 0.5) is 5.82 Å². The lowest BCUT2D eigenvalue weighted by atomic mass is 10.0. The third kappa shape index (κ3) is 4.41. The van der Waals surface area contributed by atoms with Crippen LogP contribution in [0, 0.1) is 0 Å². The Morgan fingerprint density at radius 1 is 0.939 bits per heavy atom. The highest BCUT2D eigenvalue weighted by Crippen LogP contribution is 2.27. The number of fused-ring (bicyclic) bond motifs is 1. The molecule has 4 aromatic rings. The van der Waals surface area contributed by atoms with Crippen molar-refractivity contribution in [3.8, 4) is 16.9 Å². The summed E-state index contributed by atoms with van der Waals surface area (Å²) in [5.74, 6) is 1.97. The molecule has 0 atom stereocenters. The number of aryl methyl sites for hydroxylation is 2. The number of nitrogens with zero attached hydrogens (tertiary/aromatic N) is 6. The molecule has 5 rings (SSSR count). The minimum atomic E-state index is 0.860. The molecule has 0 radical (unpaired) electrons. The van der Waals surface area contributed by atoms with Crippen LogP contribution < -0.4 is 9.64 Å². The van der Waals surface area contributed by atoms with Gasteiger partial charge in [0.1, 0.15) is 17.9 Å². The minimum Gasteiger partial charge on any atom is -0.496 e. The van der Waals surface area contributed by atoms with Gasteiger partial charge in [0.2, 0.25) is 0 Å². The van der Waals surface area contributed by atoms with Gasteiger partial charge in [0.25, 0.3) is 0 Å². The van der Waals surface area contributed by atoms with E-state index in [1.165, 1.54) is 11.3 Å². The predicted molar refractivity (Wildman–Crippen MR) is 131 cm³/mol. The van der Waals surface area contributed by atoms with E-state index >= 15 is 0 Å². The van der Waals surface area contributed by atoms with Gasteiger partial charge in [-0.25, -0.2) is 4.98 Å². The molecule has 0 saturated carbocycles. The number of pyridine rings is 2. The first-order valence-corrected chi connectivity index (χ1v) is 11.6. The lowest BCUT2D eigenvalue weighted by Gasteiger charge is -2.34. The number of piperazine rings is 1. The van der Waals surface area contributed by atoms with Gasteiger partial charge in [0.15, 0.2) is 5.65 Å². The molecule has 7 heteroatoms. The van der Waals surface area contributed by atoms with Crippen LogP contribution >= 0.6 is 0 Å². The summed E-state index contributed by atoms with van der Waals surface area (Å²) in [6.45, 7) is 7.57. The highest BCUT2D eigenvalue weighted by Gasteiger charge is 2.17. The fraction of sp³-hybridized carbons (Fsp3) is 0.346. The first kappa shape index (κ1) is 21.4. The maximum absolute atomic E-state index is 5.50. The van der Waals surface area contributed by atoms with Gasteiger partial charge in [0, 0.05) is 49.2 Å². The third-order valence-corrected chi connectivity index (χ3v) is 6.59. The van der Waals surface area contributed by atoms with Crippen molar-refractivity contribution >= 4 is 11.5 Å². The van der Waals surface area contributed by atoms with Crippen LogP contribution in [-0.4, -0.2) is 64.3 Å². The summed E-state index contributed by atoms with van der Waals surface area (Å²) in [7, 11) is 1.72. The Morgan fingerprint density at radius 3 is 2.55 bits per heavy atom. The van der Waals surface area contributed by atoms with Crippen LogP contribution in [-0.2, 0) is 12.8 Å². The molecule has 3 aromatic heterocycles. The van der Waals surface area contributed by atoms with Crippen molar-refractivity contribution < 1.29 is 4.74 Å². The maximum atomic E-state index is 5.50. The number of hydrogen-bond donors (Lipinski definition) is 0. The second-order valence-electron chi connectivity index (χ2n) is 8.40. The zero-order valence-electron chi connectivity index (χ0n) is 19.3. The van der Waals surface area contributed by atoms with Crippen LogP contribution in [0.1, 0.15) is 18.2 Å². The Kier molecular flexibility index (Phi) is 6.21. The van der Waals surface area contributed by atoms with Gasteiger partial charge in [0.05, 0.1) is 7.11 Å². The summed E-state index contributed by atoms with van der Waals surface area (Å²) in [4.78, 5) is 9.61. The van der Waals surface area contributed by atoms with E-state index in [0.29, 0.717) is 0 Å². The lowest BCUT2D eigenvalue weighted by molar-refractivity contribution is 0.270. The zero-order valence-corrected chi connectivity index (χ0v) is 19.3. The van der Waals surface area contributed by atoms with E-state index in [4.69, 9.17) is 9.72 Å². The normalized spacial score (nSPS) is 14.7. The highest BCUT2D eigenvalue weighted by molar-refractivity contribution is 5.77. The van der Waals surface area contributed by atoms with E-state index < -0.39 is 0 Å². The molecule has 7 nitrogen and oxygen atoms in total. The standard InChI is InChI=1S/C26H30N6O/c1-3-30-14-16-31(17-15-30)25-13-9-21(18-27-25)23-12-11-22(32-19-28-29-26(23)32)10-8-20-6-4-5-7-24(20)33-2/h4-7,9,11-13,18-19H,3,8,10,14-17H2,1-2H3. The first-order valence-electron chi connectivity index (χ1n) is 11.6.